The average molecular weight is 250 g/mol. The molecule has 5 heteroatoms. The molecule has 0 spiro atoms. The quantitative estimate of drug-likeness (QED) is 0.632. The zero-order chi connectivity index (χ0) is 13.7. The Hall–Kier alpha value is -2.04. The SMILES string of the molecule is CC(=O)c1cc(N)ccc1OCCC(=O)N(C)C. The van der Waals surface area contributed by atoms with Crippen molar-refractivity contribution in [2.24, 2.45) is 0 Å². The maximum atomic E-state index is 11.4. The van der Waals surface area contributed by atoms with Gasteiger partial charge >= 0.3 is 0 Å². The molecule has 0 saturated heterocycles. The van der Waals surface area contributed by atoms with Crippen LogP contribution in [0.5, 0.6) is 5.75 Å². The number of hydrogen-bond donors (Lipinski definition) is 1. The lowest BCUT2D eigenvalue weighted by molar-refractivity contribution is -0.129. The Morgan fingerprint density at radius 2 is 2.00 bits per heavy atom. The van der Waals surface area contributed by atoms with Gasteiger partial charge in [0.05, 0.1) is 18.6 Å². The maximum absolute atomic E-state index is 11.4. The Morgan fingerprint density at radius 3 is 2.56 bits per heavy atom. The van der Waals surface area contributed by atoms with Crippen molar-refractivity contribution in [1.29, 1.82) is 0 Å². The number of hydrogen-bond acceptors (Lipinski definition) is 4. The lowest BCUT2D eigenvalue weighted by Crippen LogP contribution is -2.23. The maximum Gasteiger partial charge on any atom is 0.225 e. The molecule has 0 aliphatic rings. The van der Waals surface area contributed by atoms with Gasteiger partial charge in [0.15, 0.2) is 5.78 Å². The molecule has 1 amide bonds. The van der Waals surface area contributed by atoms with E-state index in [4.69, 9.17) is 10.5 Å². The highest BCUT2D eigenvalue weighted by atomic mass is 16.5. The minimum absolute atomic E-state index is 0.0187. The summed E-state index contributed by atoms with van der Waals surface area (Å²) in [5, 5.41) is 0. The molecule has 0 fully saturated rings. The van der Waals surface area contributed by atoms with Crippen molar-refractivity contribution in [3.05, 3.63) is 23.8 Å². The molecule has 0 radical (unpaired) electrons. The molecule has 0 aliphatic heterocycles. The van der Waals surface area contributed by atoms with E-state index < -0.39 is 0 Å². The van der Waals surface area contributed by atoms with Crippen molar-refractivity contribution in [1.82, 2.24) is 4.90 Å². The van der Waals surface area contributed by atoms with Gasteiger partial charge < -0.3 is 15.4 Å². The van der Waals surface area contributed by atoms with E-state index in [1.54, 1.807) is 32.3 Å². The molecule has 0 heterocycles. The smallest absolute Gasteiger partial charge is 0.225 e. The molecule has 0 unspecified atom stereocenters. The van der Waals surface area contributed by atoms with E-state index in [0.717, 1.165) is 0 Å². The highest BCUT2D eigenvalue weighted by Gasteiger charge is 2.10. The van der Waals surface area contributed by atoms with Gasteiger partial charge in [-0.2, -0.15) is 0 Å². The van der Waals surface area contributed by atoms with Crippen molar-refractivity contribution in [2.45, 2.75) is 13.3 Å². The topological polar surface area (TPSA) is 72.6 Å². The van der Waals surface area contributed by atoms with Gasteiger partial charge in [0, 0.05) is 19.8 Å². The summed E-state index contributed by atoms with van der Waals surface area (Å²) in [5.74, 6) is 0.328. The molecular weight excluding hydrogens is 232 g/mol. The van der Waals surface area contributed by atoms with Crippen molar-refractivity contribution in [2.75, 3.05) is 26.4 Å². The van der Waals surface area contributed by atoms with Crippen LogP contribution in [0.15, 0.2) is 18.2 Å². The molecule has 98 valence electrons. The van der Waals surface area contributed by atoms with E-state index >= 15 is 0 Å². The molecule has 1 aromatic carbocycles. The Labute approximate surface area is 107 Å². The molecule has 5 nitrogen and oxygen atoms in total. The lowest BCUT2D eigenvalue weighted by atomic mass is 10.1. The fourth-order valence-electron chi connectivity index (χ4n) is 1.42. The van der Waals surface area contributed by atoms with Gasteiger partial charge in [0.1, 0.15) is 5.75 Å². The summed E-state index contributed by atoms with van der Waals surface area (Å²) in [7, 11) is 3.37. The average Bonchev–Trinajstić information content (AvgIpc) is 2.30. The van der Waals surface area contributed by atoms with E-state index in [-0.39, 0.29) is 24.7 Å². The van der Waals surface area contributed by atoms with Gasteiger partial charge in [0.25, 0.3) is 0 Å². The third kappa shape index (κ3) is 3.76. The van der Waals surface area contributed by atoms with Gasteiger partial charge in [-0.1, -0.05) is 0 Å². The normalized spacial score (nSPS) is 9.94. The first kappa shape index (κ1) is 14.0. The number of nitrogens with zero attached hydrogens (tertiary/aromatic N) is 1. The number of carbonyl (C=O) groups is 2. The van der Waals surface area contributed by atoms with Crippen LogP contribution < -0.4 is 10.5 Å². The minimum Gasteiger partial charge on any atom is -0.492 e. The van der Waals surface area contributed by atoms with Crippen molar-refractivity contribution in [3.8, 4) is 5.75 Å². The van der Waals surface area contributed by atoms with Crippen LogP contribution >= 0.6 is 0 Å². The second-order valence-corrected chi connectivity index (χ2v) is 4.20. The number of rotatable bonds is 5. The molecule has 18 heavy (non-hydrogen) atoms. The summed E-state index contributed by atoms with van der Waals surface area (Å²) in [6.07, 6.45) is 0.273. The summed E-state index contributed by atoms with van der Waals surface area (Å²) in [6.45, 7) is 1.69. The molecule has 0 saturated carbocycles. The van der Waals surface area contributed by atoms with Crippen molar-refractivity contribution < 1.29 is 14.3 Å². The van der Waals surface area contributed by atoms with Crippen LogP contribution in [0.4, 0.5) is 5.69 Å². The van der Waals surface area contributed by atoms with Crippen LogP contribution in [0, 0.1) is 0 Å². The monoisotopic (exact) mass is 250 g/mol. The number of nitrogen functional groups attached to an aromatic ring is 1. The summed E-state index contributed by atoms with van der Waals surface area (Å²) >= 11 is 0. The molecule has 1 rings (SSSR count). The van der Waals surface area contributed by atoms with E-state index in [2.05, 4.69) is 0 Å². The minimum atomic E-state index is -0.115. The van der Waals surface area contributed by atoms with Crippen LogP contribution in [0.2, 0.25) is 0 Å². The number of carbonyl (C=O) groups excluding carboxylic acids is 2. The van der Waals surface area contributed by atoms with E-state index in [1.165, 1.54) is 11.8 Å². The van der Waals surface area contributed by atoms with Crippen LogP contribution in [0.25, 0.3) is 0 Å². The molecule has 0 aliphatic carbocycles. The molecule has 2 N–H and O–H groups in total. The standard InChI is InChI=1S/C13H18N2O3/c1-9(16)11-8-10(14)4-5-12(11)18-7-6-13(17)15(2)3/h4-5,8H,6-7,14H2,1-3H3. The van der Waals surface area contributed by atoms with E-state index in [9.17, 15) is 9.59 Å². The largest absolute Gasteiger partial charge is 0.492 e. The van der Waals surface area contributed by atoms with Gasteiger partial charge in [-0.15, -0.1) is 0 Å². The number of amides is 1. The first-order valence-electron chi connectivity index (χ1n) is 5.65. The number of nitrogens with two attached hydrogens (primary N) is 1. The Morgan fingerprint density at radius 1 is 1.33 bits per heavy atom. The predicted molar refractivity (Wildman–Crippen MR) is 69.7 cm³/mol. The second-order valence-electron chi connectivity index (χ2n) is 4.20. The third-order valence-electron chi connectivity index (χ3n) is 2.46. The number of benzene rings is 1. The summed E-state index contributed by atoms with van der Waals surface area (Å²) in [6, 6.07) is 4.88. The molecule has 1 aromatic rings. The Kier molecular flexibility index (Phi) is 4.71. The fraction of sp³-hybridized carbons (Fsp3) is 0.385. The van der Waals surface area contributed by atoms with Crippen molar-refractivity contribution >= 4 is 17.4 Å². The molecular formula is C13H18N2O3. The number of ether oxygens (including phenoxy) is 1. The second kappa shape index (κ2) is 6.05. The summed E-state index contributed by atoms with van der Waals surface area (Å²) in [4.78, 5) is 24.3. The highest BCUT2D eigenvalue weighted by Crippen LogP contribution is 2.22. The third-order valence-corrected chi connectivity index (χ3v) is 2.46. The van der Waals surface area contributed by atoms with Gasteiger partial charge in [0.2, 0.25) is 5.91 Å². The number of Topliss-reactive ketones (excluding diaryl/α,β-unsaturated/α-hetero) is 1. The predicted octanol–water partition coefficient (Wildman–Crippen LogP) is 1.33. The van der Waals surface area contributed by atoms with Crippen LogP contribution in [-0.4, -0.2) is 37.3 Å². The number of ketones is 1. The van der Waals surface area contributed by atoms with Gasteiger partial charge in [-0.25, -0.2) is 0 Å². The van der Waals surface area contributed by atoms with Crippen LogP contribution in [-0.2, 0) is 4.79 Å². The Balaban J connectivity index is 2.68. The molecule has 0 bridgehead atoms. The van der Waals surface area contributed by atoms with E-state index in [0.29, 0.717) is 17.0 Å². The zero-order valence-electron chi connectivity index (χ0n) is 10.9. The Bertz CT molecular complexity index is 456. The van der Waals surface area contributed by atoms with Crippen LogP contribution in [0.1, 0.15) is 23.7 Å². The first-order chi connectivity index (χ1) is 8.41. The van der Waals surface area contributed by atoms with Crippen LogP contribution in [0.3, 0.4) is 0 Å². The fourth-order valence-corrected chi connectivity index (χ4v) is 1.42. The van der Waals surface area contributed by atoms with Gasteiger partial charge in [-0.05, 0) is 25.1 Å². The van der Waals surface area contributed by atoms with Crippen molar-refractivity contribution in [3.63, 3.8) is 0 Å². The molecule has 0 aromatic heterocycles. The summed E-state index contributed by atoms with van der Waals surface area (Å²) in [5.41, 5.74) is 6.56. The molecule has 0 atom stereocenters. The zero-order valence-corrected chi connectivity index (χ0v) is 10.9. The number of anilines is 1. The van der Waals surface area contributed by atoms with E-state index in [1.807, 2.05) is 0 Å². The lowest BCUT2D eigenvalue weighted by Gasteiger charge is -2.12. The summed E-state index contributed by atoms with van der Waals surface area (Å²) < 4.78 is 5.45. The first-order valence-corrected chi connectivity index (χ1v) is 5.65. The highest BCUT2D eigenvalue weighted by molar-refractivity contribution is 5.97. The van der Waals surface area contributed by atoms with Gasteiger partial charge in [-0.3, -0.25) is 9.59 Å².